The van der Waals surface area contributed by atoms with Crippen molar-refractivity contribution in [1.29, 1.82) is 0 Å². The molecule has 1 saturated heterocycles. The Labute approximate surface area is 112 Å². The molecule has 1 N–H and O–H groups in total. The van der Waals surface area contributed by atoms with E-state index in [0.717, 1.165) is 22.6 Å². The second kappa shape index (κ2) is 4.96. The van der Waals surface area contributed by atoms with Crippen LogP contribution in [0, 0.1) is 5.92 Å². The van der Waals surface area contributed by atoms with Gasteiger partial charge in [-0.3, -0.25) is 4.99 Å². The Morgan fingerprint density at radius 2 is 2.61 bits per heavy atom. The summed E-state index contributed by atoms with van der Waals surface area (Å²) in [4.78, 5) is 4.58. The summed E-state index contributed by atoms with van der Waals surface area (Å²) in [6.07, 6.45) is 6.94. The number of aliphatic imine (C=N–C) groups is 1. The summed E-state index contributed by atoms with van der Waals surface area (Å²) < 4.78 is 5.05. The van der Waals surface area contributed by atoms with Crippen molar-refractivity contribution in [3.63, 3.8) is 0 Å². The van der Waals surface area contributed by atoms with Crippen LogP contribution < -0.4 is 5.32 Å². The topological polar surface area (TPSA) is 50.4 Å². The second-order valence-electron chi connectivity index (χ2n) is 5.50. The van der Waals surface area contributed by atoms with E-state index in [-0.39, 0.29) is 0 Å². The van der Waals surface area contributed by atoms with Gasteiger partial charge in [0.1, 0.15) is 6.54 Å². The molecule has 1 aromatic rings. The van der Waals surface area contributed by atoms with Gasteiger partial charge in [-0.05, 0) is 18.8 Å². The van der Waals surface area contributed by atoms with Gasteiger partial charge in [0.05, 0.1) is 6.20 Å². The first kappa shape index (κ1) is 12.1. The lowest BCUT2D eigenvalue weighted by atomic mass is 9.78. The molecule has 1 spiro atoms. The zero-order chi connectivity index (χ0) is 12.4. The molecule has 18 heavy (non-hydrogen) atoms. The van der Waals surface area contributed by atoms with E-state index in [1.165, 1.54) is 25.7 Å². The van der Waals surface area contributed by atoms with E-state index in [2.05, 4.69) is 22.4 Å². The average molecular weight is 265 g/mol. The Kier molecular flexibility index (Phi) is 3.33. The van der Waals surface area contributed by atoms with Crippen LogP contribution in [-0.2, 0) is 6.54 Å². The van der Waals surface area contributed by atoms with Gasteiger partial charge in [0, 0.05) is 17.4 Å². The van der Waals surface area contributed by atoms with Crippen LogP contribution >= 0.6 is 11.8 Å². The highest BCUT2D eigenvalue weighted by atomic mass is 32.2. The molecule has 2 unspecified atom stereocenters. The monoisotopic (exact) mass is 265 g/mol. The van der Waals surface area contributed by atoms with E-state index in [1.54, 1.807) is 6.20 Å². The quantitative estimate of drug-likeness (QED) is 0.893. The van der Waals surface area contributed by atoms with Crippen molar-refractivity contribution < 1.29 is 4.52 Å². The van der Waals surface area contributed by atoms with Gasteiger partial charge in [-0.25, -0.2) is 0 Å². The average Bonchev–Trinajstić information content (AvgIpc) is 2.97. The predicted molar refractivity (Wildman–Crippen MR) is 73.6 cm³/mol. The minimum atomic E-state index is 0.308. The normalized spacial score (nSPS) is 34.1. The van der Waals surface area contributed by atoms with Crippen molar-refractivity contribution in [2.45, 2.75) is 44.7 Å². The first-order valence-electron chi connectivity index (χ1n) is 6.61. The highest BCUT2D eigenvalue weighted by Crippen LogP contribution is 2.38. The lowest BCUT2D eigenvalue weighted by molar-refractivity contribution is 0.242. The van der Waals surface area contributed by atoms with Crippen LogP contribution in [0.25, 0.3) is 0 Å². The minimum absolute atomic E-state index is 0.308. The van der Waals surface area contributed by atoms with Crippen molar-refractivity contribution in [1.82, 2.24) is 10.5 Å². The summed E-state index contributed by atoms with van der Waals surface area (Å²) >= 11 is 1.85. The van der Waals surface area contributed by atoms with Gasteiger partial charge in [0.2, 0.25) is 0 Å². The van der Waals surface area contributed by atoms with Crippen LogP contribution in [0.1, 0.15) is 38.4 Å². The van der Waals surface area contributed by atoms with Gasteiger partial charge in [-0.2, -0.15) is 0 Å². The van der Waals surface area contributed by atoms with E-state index in [9.17, 15) is 0 Å². The molecule has 1 saturated carbocycles. The summed E-state index contributed by atoms with van der Waals surface area (Å²) in [5.74, 6) is 2.82. The second-order valence-corrected chi connectivity index (χ2v) is 6.46. The molecule has 5 heteroatoms. The standard InChI is InChI=1S/C13H19N3OS/c1-10-3-2-5-13(7-10)9-18-12(16-13)14-8-11-4-6-15-17-11/h4,6,10H,2-3,5,7-9H2,1H3,(H,14,16). The van der Waals surface area contributed by atoms with Crippen LogP contribution in [0.3, 0.4) is 0 Å². The first-order valence-corrected chi connectivity index (χ1v) is 7.59. The van der Waals surface area contributed by atoms with Crippen molar-refractivity contribution in [2.75, 3.05) is 5.75 Å². The fourth-order valence-corrected chi connectivity index (χ4v) is 4.16. The molecule has 1 aliphatic heterocycles. The molecule has 0 amide bonds. The Morgan fingerprint density at radius 1 is 1.67 bits per heavy atom. The van der Waals surface area contributed by atoms with Crippen LogP contribution in [0.5, 0.6) is 0 Å². The van der Waals surface area contributed by atoms with Gasteiger partial charge in [-0.15, -0.1) is 0 Å². The van der Waals surface area contributed by atoms with Gasteiger partial charge in [0.15, 0.2) is 10.9 Å². The van der Waals surface area contributed by atoms with E-state index < -0.39 is 0 Å². The Hall–Kier alpha value is -0.970. The molecule has 0 aromatic carbocycles. The van der Waals surface area contributed by atoms with Gasteiger partial charge >= 0.3 is 0 Å². The maximum absolute atomic E-state index is 5.05. The zero-order valence-corrected chi connectivity index (χ0v) is 11.5. The summed E-state index contributed by atoms with van der Waals surface area (Å²) in [5, 5.41) is 8.41. The molecule has 1 aliphatic carbocycles. The molecule has 2 atom stereocenters. The molecule has 0 bridgehead atoms. The first-order chi connectivity index (χ1) is 8.76. The zero-order valence-electron chi connectivity index (χ0n) is 10.7. The number of nitrogens with one attached hydrogen (secondary N) is 1. The van der Waals surface area contributed by atoms with Gasteiger partial charge < -0.3 is 9.84 Å². The molecule has 98 valence electrons. The molecular formula is C13H19N3OS. The SMILES string of the molecule is CC1CCCC2(CSC(=NCc3ccno3)N2)C1. The number of hydrogen-bond acceptors (Lipinski definition) is 4. The molecule has 4 nitrogen and oxygen atoms in total. The van der Waals surface area contributed by atoms with E-state index in [0.29, 0.717) is 12.1 Å². The van der Waals surface area contributed by atoms with Crippen molar-refractivity contribution in [3.8, 4) is 0 Å². The summed E-state index contributed by atoms with van der Waals surface area (Å²) in [6, 6.07) is 1.86. The smallest absolute Gasteiger partial charge is 0.158 e. The Bertz CT molecular complexity index is 431. The highest BCUT2D eigenvalue weighted by Gasteiger charge is 2.40. The van der Waals surface area contributed by atoms with E-state index in [1.807, 2.05) is 17.8 Å². The highest BCUT2D eigenvalue weighted by molar-refractivity contribution is 8.14. The Balaban J connectivity index is 1.62. The number of amidine groups is 1. The number of aromatic nitrogens is 1. The Morgan fingerprint density at radius 3 is 3.39 bits per heavy atom. The van der Waals surface area contributed by atoms with Crippen LogP contribution in [0.15, 0.2) is 21.8 Å². The van der Waals surface area contributed by atoms with Crippen molar-refractivity contribution in [2.24, 2.45) is 10.9 Å². The third-order valence-electron chi connectivity index (χ3n) is 3.82. The van der Waals surface area contributed by atoms with Crippen LogP contribution in [0.2, 0.25) is 0 Å². The molecule has 2 heterocycles. The summed E-state index contributed by atoms with van der Waals surface area (Å²) in [7, 11) is 0. The fraction of sp³-hybridized carbons (Fsp3) is 0.692. The largest absolute Gasteiger partial charge is 0.359 e. The summed E-state index contributed by atoms with van der Waals surface area (Å²) in [5.41, 5.74) is 0.308. The predicted octanol–water partition coefficient (Wildman–Crippen LogP) is 2.82. The molecule has 0 radical (unpaired) electrons. The molecule has 3 rings (SSSR count). The van der Waals surface area contributed by atoms with E-state index >= 15 is 0 Å². The lowest BCUT2D eigenvalue weighted by Crippen LogP contribution is -2.47. The number of nitrogens with zero attached hydrogens (tertiary/aromatic N) is 2. The van der Waals surface area contributed by atoms with Crippen molar-refractivity contribution in [3.05, 3.63) is 18.0 Å². The van der Waals surface area contributed by atoms with E-state index in [4.69, 9.17) is 4.52 Å². The molecule has 1 aromatic heterocycles. The van der Waals surface area contributed by atoms with Gasteiger partial charge in [-0.1, -0.05) is 36.7 Å². The third kappa shape index (κ3) is 2.55. The number of thioether (sulfide) groups is 1. The number of hydrogen-bond donors (Lipinski definition) is 1. The molecule has 2 fully saturated rings. The fourth-order valence-electron chi connectivity index (χ4n) is 2.97. The lowest BCUT2D eigenvalue weighted by Gasteiger charge is -2.36. The minimum Gasteiger partial charge on any atom is -0.359 e. The molecule has 2 aliphatic rings. The molecular weight excluding hydrogens is 246 g/mol. The van der Waals surface area contributed by atoms with Gasteiger partial charge in [0.25, 0.3) is 0 Å². The van der Waals surface area contributed by atoms with Crippen LogP contribution in [-0.4, -0.2) is 21.6 Å². The van der Waals surface area contributed by atoms with Crippen molar-refractivity contribution >= 4 is 16.9 Å². The summed E-state index contributed by atoms with van der Waals surface area (Å²) in [6.45, 7) is 2.94. The third-order valence-corrected chi connectivity index (χ3v) is 5.02. The maximum Gasteiger partial charge on any atom is 0.158 e. The van der Waals surface area contributed by atoms with Crippen LogP contribution in [0.4, 0.5) is 0 Å². The number of rotatable bonds is 2. The maximum atomic E-state index is 5.05.